The van der Waals surface area contributed by atoms with Crippen molar-refractivity contribution in [3.05, 3.63) is 63.6 Å². The Hall–Kier alpha value is -2.14. The van der Waals surface area contributed by atoms with E-state index in [1.54, 1.807) is 6.07 Å². The number of rotatable bonds is 4. The molecule has 2 aromatic rings. The molecule has 4 nitrogen and oxygen atoms in total. The van der Waals surface area contributed by atoms with E-state index >= 15 is 0 Å². The molecular formula is C19H19BrN2O2. The maximum absolute atomic E-state index is 12.5. The van der Waals surface area contributed by atoms with E-state index in [1.807, 2.05) is 48.2 Å². The fourth-order valence-electron chi connectivity index (χ4n) is 2.78. The predicted molar refractivity (Wildman–Crippen MR) is 97.9 cm³/mol. The van der Waals surface area contributed by atoms with Gasteiger partial charge in [0.25, 0.3) is 5.91 Å². The molecule has 0 bridgehead atoms. The molecule has 2 aromatic carbocycles. The number of halogens is 1. The standard InChI is InChI=1S/C19H19BrN2O2/c1-13-7-8-16(11-17(13)20)21-19(24)15-5-2-4-14(10-15)12-22-9-3-6-18(22)23/h2,4-5,7-8,10-11H,3,6,9,12H2,1H3,(H,21,24). The van der Waals surface area contributed by atoms with Gasteiger partial charge in [0.1, 0.15) is 0 Å². The zero-order valence-corrected chi connectivity index (χ0v) is 15.1. The number of likely N-dealkylation sites (tertiary alicyclic amines) is 1. The van der Waals surface area contributed by atoms with Crippen molar-refractivity contribution in [2.24, 2.45) is 0 Å². The molecule has 2 amide bonds. The minimum atomic E-state index is -0.152. The van der Waals surface area contributed by atoms with Gasteiger partial charge in [-0.15, -0.1) is 0 Å². The molecule has 24 heavy (non-hydrogen) atoms. The predicted octanol–water partition coefficient (Wildman–Crippen LogP) is 4.13. The van der Waals surface area contributed by atoms with Crippen molar-refractivity contribution in [1.82, 2.24) is 4.90 Å². The first kappa shape index (κ1) is 16.7. The largest absolute Gasteiger partial charge is 0.338 e. The summed E-state index contributed by atoms with van der Waals surface area (Å²) in [5, 5.41) is 2.91. The van der Waals surface area contributed by atoms with E-state index in [9.17, 15) is 9.59 Å². The molecule has 5 heteroatoms. The molecule has 1 N–H and O–H groups in total. The average Bonchev–Trinajstić information content (AvgIpc) is 2.96. The highest BCUT2D eigenvalue weighted by Crippen LogP contribution is 2.21. The van der Waals surface area contributed by atoms with E-state index < -0.39 is 0 Å². The third-order valence-corrected chi connectivity index (χ3v) is 5.02. The highest BCUT2D eigenvalue weighted by atomic mass is 79.9. The van der Waals surface area contributed by atoms with Gasteiger partial charge in [0, 0.05) is 35.2 Å². The summed E-state index contributed by atoms with van der Waals surface area (Å²) in [5.74, 6) is 0.0368. The van der Waals surface area contributed by atoms with Crippen LogP contribution < -0.4 is 5.32 Å². The molecule has 0 radical (unpaired) electrons. The number of hydrogen-bond donors (Lipinski definition) is 1. The van der Waals surface area contributed by atoms with E-state index in [1.165, 1.54) is 0 Å². The highest BCUT2D eigenvalue weighted by Gasteiger charge is 2.20. The van der Waals surface area contributed by atoms with Crippen LogP contribution in [-0.4, -0.2) is 23.3 Å². The van der Waals surface area contributed by atoms with Gasteiger partial charge >= 0.3 is 0 Å². The number of nitrogens with zero attached hydrogens (tertiary/aromatic N) is 1. The van der Waals surface area contributed by atoms with Crippen LogP contribution in [-0.2, 0) is 11.3 Å². The van der Waals surface area contributed by atoms with Crippen LogP contribution in [0.2, 0.25) is 0 Å². The van der Waals surface area contributed by atoms with Gasteiger partial charge in [0.2, 0.25) is 5.91 Å². The Labute approximate surface area is 150 Å². The van der Waals surface area contributed by atoms with Crippen molar-refractivity contribution >= 4 is 33.4 Å². The molecule has 0 atom stereocenters. The van der Waals surface area contributed by atoms with E-state index in [0.717, 1.165) is 34.3 Å². The molecule has 0 saturated carbocycles. The van der Waals surface area contributed by atoms with Crippen LogP contribution in [0.4, 0.5) is 5.69 Å². The van der Waals surface area contributed by atoms with Crippen molar-refractivity contribution in [2.75, 3.05) is 11.9 Å². The first-order chi connectivity index (χ1) is 11.5. The van der Waals surface area contributed by atoms with E-state index in [4.69, 9.17) is 0 Å². The lowest BCUT2D eigenvalue weighted by Gasteiger charge is -2.16. The molecule has 0 aliphatic carbocycles. The van der Waals surface area contributed by atoms with Crippen LogP contribution in [0.3, 0.4) is 0 Å². The quantitative estimate of drug-likeness (QED) is 0.858. The molecule has 1 aliphatic heterocycles. The van der Waals surface area contributed by atoms with E-state index in [0.29, 0.717) is 18.5 Å². The molecule has 1 aliphatic rings. The van der Waals surface area contributed by atoms with Gasteiger partial charge in [-0.1, -0.05) is 34.1 Å². The first-order valence-corrected chi connectivity index (χ1v) is 8.76. The molecule has 0 aromatic heterocycles. The summed E-state index contributed by atoms with van der Waals surface area (Å²) in [5.41, 5.74) is 3.43. The molecule has 124 valence electrons. The molecular weight excluding hydrogens is 368 g/mol. The Morgan fingerprint density at radius 3 is 2.79 bits per heavy atom. The Morgan fingerprint density at radius 2 is 2.08 bits per heavy atom. The summed E-state index contributed by atoms with van der Waals surface area (Å²) in [7, 11) is 0. The molecule has 0 unspecified atom stereocenters. The summed E-state index contributed by atoms with van der Waals surface area (Å²) in [6.07, 6.45) is 1.55. The summed E-state index contributed by atoms with van der Waals surface area (Å²) < 4.78 is 0.960. The summed E-state index contributed by atoms with van der Waals surface area (Å²) in [6, 6.07) is 13.2. The second-order valence-corrected chi connectivity index (χ2v) is 6.89. The van der Waals surface area contributed by atoms with Crippen molar-refractivity contribution in [3.8, 4) is 0 Å². The van der Waals surface area contributed by atoms with Gasteiger partial charge in [-0.3, -0.25) is 9.59 Å². The SMILES string of the molecule is Cc1ccc(NC(=O)c2cccc(CN3CCCC3=O)c2)cc1Br. The van der Waals surface area contributed by atoms with Crippen molar-refractivity contribution in [1.29, 1.82) is 0 Å². The minimum absolute atomic E-state index is 0.152. The summed E-state index contributed by atoms with van der Waals surface area (Å²) in [4.78, 5) is 26.0. The molecule has 1 heterocycles. The first-order valence-electron chi connectivity index (χ1n) is 7.97. The third-order valence-electron chi connectivity index (χ3n) is 4.16. The Kier molecular flexibility index (Phi) is 5.00. The lowest BCUT2D eigenvalue weighted by molar-refractivity contribution is -0.128. The summed E-state index contributed by atoms with van der Waals surface area (Å²) >= 11 is 3.47. The van der Waals surface area contributed by atoms with Crippen LogP contribution in [0.15, 0.2) is 46.9 Å². The van der Waals surface area contributed by atoms with Gasteiger partial charge in [0.05, 0.1) is 0 Å². The minimum Gasteiger partial charge on any atom is -0.338 e. The fourth-order valence-corrected chi connectivity index (χ4v) is 3.16. The second-order valence-electron chi connectivity index (χ2n) is 6.04. The highest BCUT2D eigenvalue weighted by molar-refractivity contribution is 9.10. The third kappa shape index (κ3) is 3.85. The maximum Gasteiger partial charge on any atom is 0.255 e. The lowest BCUT2D eigenvalue weighted by Crippen LogP contribution is -2.24. The molecule has 0 spiro atoms. The normalized spacial score (nSPS) is 14.1. The van der Waals surface area contributed by atoms with Crippen LogP contribution >= 0.6 is 15.9 Å². The Bertz CT molecular complexity index is 789. The number of carbonyl (C=O) groups is 2. The summed E-state index contributed by atoms with van der Waals surface area (Å²) in [6.45, 7) is 3.36. The smallest absolute Gasteiger partial charge is 0.255 e. The number of nitrogens with one attached hydrogen (secondary N) is 1. The molecule has 3 rings (SSSR count). The molecule has 1 fully saturated rings. The number of benzene rings is 2. The fraction of sp³-hybridized carbons (Fsp3) is 0.263. The van der Waals surface area contributed by atoms with Gasteiger partial charge in [0.15, 0.2) is 0 Å². The lowest BCUT2D eigenvalue weighted by atomic mass is 10.1. The van der Waals surface area contributed by atoms with E-state index in [2.05, 4.69) is 21.2 Å². The van der Waals surface area contributed by atoms with Crippen LogP contribution in [0, 0.1) is 6.92 Å². The number of amides is 2. The molecule has 1 saturated heterocycles. The van der Waals surface area contributed by atoms with Gasteiger partial charge < -0.3 is 10.2 Å². The topological polar surface area (TPSA) is 49.4 Å². The maximum atomic E-state index is 12.5. The van der Waals surface area contributed by atoms with Crippen LogP contribution in [0.1, 0.15) is 34.3 Å². The van der Waals surface area contributed by atoms with Crippen molar-refractivity contribution in [2.45, 2.75) is 26.3 Å². The number of carbonyl (C=O) groups excluding carboxylic acids is 2. The van der Waals surface area contributed by atoms with Gasteiger partial charge in [-0.2, -0.15) is 0 Å². The average molecular weight is 387 g/mol. The zero-order chi connectivity index (χ0) is 17.1. The Balaban J connectivity index is 1.71. The number of anilines is 1. The van der Waals surface area contributed by atoms with E-state index in [-0.39, 0.29) is 11.8 Å². The van der Waals surface area contributed by atoms with Gasteiger partial charge in [-0.05, 0) is 48.7 Å². The van der Waals surface area contributed by atoms with Crippen LogP contribution in [0.25, 0.3) is 0 Å². The monoisotopic (exact) mass is 386 g/mol. The zero-order valence-electron chi connectivity index (χ0n) is 13.5. The second kappa shape index (κ2) is 7.18. The van der Waals surface area contributed by atoms with Crippen LogP contribution in [0.5, 0.6) is 0 Å². The Morgan fingerprint density at radius 1 is 1.25 bits per heavy atom. The number of hydrogen-bond acceptors (Lipinski definition) is 2. The number of aryl methyl sites for hydroxylation is 1. The van der Waals surface area contributed by atoms with Crippen molar-refractivity contribution in [3.63, 3.8) is 0 Å². The van der Waals surface area contributed by atoms with Gasteiger partial charge in [-0.25, -0.2) is 0 Å². The van der Waals surface area contributed by atoms with Crippen molar-refractivity contribution < 1.29 is 9.59 Å².